The van der Waals surface area contributed by atoms with Crippen molar-refractivity contribution in [3.05, 3.63) is 28.8 Å². The van der Waals surface area contributed by atoms with Crippen LogP contribution in [0.1, 0.15) is 24.8 Å². The summed E-state index contributed by atoms with van der Waals surface area (Å²) in [5.74, 6) is 0.145. The molecule has 4 nitrogen and oxygen atoms in total. The van der Waals surface area contributed by atoms with E-state index in [1.165, 1.54) is 0 Å². The van der Waals surface area contributed by atoms with Crippen molar-refractivity contribution in [1.82, 2.24) is 0 Å². The SMILES string of the molecule is NC(=O)CC1CCN(c2cccc(Cl)c2C(N)=S)CC1. The molecule has 2 rings (SSSR count). The number of piperidine rings is 1. The second-order valence-electron chi connectivity index (χ2n) is 5.10. The summed E-state index contributed by atoms with van der Waals surface area (Å²) >= 11 is 11.3. The van der Waals surface area contributed by atoms with E-state index in [1.807, 2.05) is 12.1 Å². The average Bonchev–Trinajstić information content (AvgIpc) is 2.38. The molecule has 0 aromatic heterocycles. The number of anilines is 1. The molecule has 1 aliphatic heterocycles. The van der Waals surface area contributed by atoms with Crippen molar-refractivity contribution >= 4 is 40.4 Å². The van der Waals surface area contributed by atoms with Crippen molar-refractivity contribution in [2.24, 2.45) is 17.4 Å². The summed E-state index contributed by atoms with van der Waals surface area (Å²) in [7, 11) is 0. The fourth-order valence-corrected chi connectivity index (χ4v) is 3.22. The molecule has 0 spiro atoms. The summed E-state index contributed by atoms with van der Waals surface area (Å²) in [6.45, 7) is 1.71. The van der Waals surface area contributed by atoms with Gasteiger partial charge in [0.05, 0.1) is 10.6 Å². The summed E-state index contributed by atoms with van der Waals surface area (Å²) in [4.78, 5) is 13.5. The summed E-state index contributed by atoms with van der Waals surface area (Å²) in [6, 6.07) is 5.67. The lowest BCUT2D eigenvalue weighted by molar-refractivity contribution is -0.119. The Morgan fingerprint density at radius 3 is 2.55 bits per heavy atom. The number of nitrogens with zero attached hydrogens (tertiary/aromatic N) is 1. The number of halogens is 1. The normalized spacial score (nSPS) is 16.1. The van der Waals surface area contributed by atoms with E-state index in [9.17, 15) is 4.79 Å². The van der Waals surface area contributed by atoms with E-state index in [-0.39, 0.29) is 5.91 Å². The lowest BCUT2D eigenvalue weighted by Crippen LogP contribution is -2.36. The number of hydrogen-bond donors (Lipinski definition) is 2. The van der Waals surface area contributed by atoms with Crippen LogP contribution in [0.15, 0.2) is 18.2 Å². The molecule has 1 aromatic rings. The molecular weight excluding hydrogens is 294 g/mol. The molecule has 1 aromatic carbocycles. The minimum absolute atomic E-state index is 0.227. The van der Waals surface area contributed by atoms with Gasteiger partial charge in [-0.15, -0.1) is 0 Å². The fraction of sp³-hybridized carbons (Fsp3) is 0.429. The van der Waals surface area contributed by atoms with Crippen molar-refractivity contribution in [2.45, 2.75) is 19.3 Å². The highest BCUT2D eigenvalue weighted by atomic mass is 35.5. The first-order valence-corrected chi connectivity index (χ1v) is 7.39. The Morgan fingerprint density at radius 2 is 2.00 bits per heavy atom. The van der Waals surface area contributed by atoms with Gasteiger partial charge in [-0.25, -0.2) is 0 Å². The quantitative estimate of drug-likeness (QED) is 0.835. The number of nitrogens with two attached hydrogens (primary N) is 2. The van der Waals surface area contributed by atoms with Crippen molar-refractivity contribution in [3.8, 4) is 0 Å². The Hall–Kier alpha value is -1.33. The average molecular weight is 312 g/mol. The van der Waals surface area contributed by atoms with E-state index in [4.69, 9.17) is 35.3 Å². The van der Waals surface area contributed by atoms with E-state index < -0.39 is 0 Å². The first-order valence-electron chi connectivity index (χ1n) is 6.60. The van der Waals surface area contributed by atoms with E-state index >= 15 is 0 Å². The van der Waals surface area contributed by atoms with Gasteiger partial charge < -0.3 is 16.4 Å². The molecule has 0 radical (unpaired) electrons. The molecule has 0 aliphatic carbocycles. The number of primary amides is 1. The van der Waals surface area contributed by atoms with Crippen LogP contribution in [0.3, 0.4) is 0 Å². The van der Waals surface area contributed by atoms with Gasteiger partial charge in [0.2, 0.25) is 5.91 Å². The van der Waals surface area contributed by atoms with E-state index in [2.05, 4.69) is 4.90 Å². The summed E-state index contributed by atoms with van der Waals surface area (Å²) < 4.78 is 0. The second kappa shape index (κ2) is 6.41. The molecule has 0 unspecified atom stereocenters. The number of carbonyl (C=O) groups is 1. The van der Waals surface area contributed by atoms with Crippen LogP contribution in [0.25, 0.3) is 0 Å². The third-order valence-corrected chi connectivity index (χ3v) is 4.20. The predicted molar refractivity (Wildman–Crippen MR) is 86.1 cm³/mol. The highest BCUT2D eigenvalue weighted by Gasteiger charge is 2.23. The number of carbonyl (C=O) groups excluding carboxylic acids is 1. The smallest absolute Gasteiger partial charge is 0.217 e. The van der Waals surface area contributed by atoms with Crippen molar-refractivity contribution < 1.29 is 4.79 Å². The summed E-state index contributed by atoms with van der Waals surface area (Å²) in [5, 5.41) is 0.578. The Morgan fingerprint density at radius 1 is 1.35 bits per heavy atom. The van der Waals surface area contributed by atoms with Gasteiger partial charge in [0, 0.05) is 25.2 Å². The molecule has 108 valence electrons. The molecule has 1 amide bonds. The zero-order valence-electron chi connectivity index (χ0n) is 11.1. The number of hydrogen-bond acceptors (Lipinski definition) is 3. The summed E-state index contributed by atoms with van der Waals surface area (Å²) in [5.41, 5.74) is 12.7. The molecule has 6 heteroatoms. The maximum atomic E-state index is 11.0. The third kappa shape index (κ3) is 3.41. The van der Waals surface area contributed by atoms with Crippen LogP contribution in [0.5, 0.6) is 0 Å². The maximum Gasteiger partial charge on any atom is 0.217 e. The van der Waals surface area contributed by atoms with E-state index in [0.717, 1.165) is 37.2 Å². The van der Waals surface area contributed by atoms with Gasteiger partial charge in [-0.05, 0) is 30.9 Å². The lowest BCUT2D eigenvalue weighted by atomic mass is 9.92. The minimum atomic E-state index is -0.227. The van der Waals surface area contributed by atoms with Crippen LogP contribution < -0.4 is 16.4 Å². The lowest BCUT2D eigenvalue weighted by Gasteiger charge is -2.34. The van der Waals surface area contributed by atoms with Crippen LogP contribution in [-0.4, -0.2) is 24.0 Å². The molecule has 0 bridgehead atoms. The number of thiocarbonyl (C=S) groups is 1. The van der Waals surface area contributed by atoms with E-state index in [1.54, 1.807) is 6.07 Å². The van der Waals surface area contributed by atoms with Crippen molar-refractivity contribution in [1.29, 1.82) is 0 Å². The molecule has 1 aliphatic rings. The number of amides is 1. The van der Waals surface area contributed by atoms with Crippen LogP contribution in [0.2, 0.25) is 5.02 Å². The first kappa shape index (κ1) is 15.1. The second-order valence-corrected chi connectivity index (χ2v) is 5.95. The van der Waals surface area contributed by atoms with Crippen LogP contribution >= 0.6 is 23.8 Å². The topological polar surface area (TPSA) is 72.4 Å². The van der Waals surface area contributed by atoms with Gasteiger partial charge in [-0.2, -0.15) is 0 Å². The standard InChI is InChI=1S/C14H18ClN3OS/c15-10-2-1-3-11(13(10)14(17)20)18-6-4-9(5-7-18)8-12(16)19/h1-3,9H,4-8H2,(H2,16,19)(H2,17,20). The van der Waals surface area contributed by atoms with Crippen LogP contribution in [0, 0.1) is 5.92 Å². The largest absolute Gasteiger partial charge is 0.389 e. The molecule has 1 fully saturated rings. The molecule has 1 saturated heterocycles. The molecule has 1 heterocycles. The molecule has 0 saturated carbocycles. The van der Waals surface area contributed by atoms with Crippen molar-refractivity contribution in [3.63, 3.8) is 0 Å². The van der Waals surface area contributed by atoms with Crippen LogP contribution in [-0.2, 0) is 4.79 Å². The first-order chi connectivity index (χ1) is 9.49. The summed E-state index contributed by atoms with van der Waals surface area (Å²) in [6.07, 6.45) is 2.34. The Labute approximate surface area is 129 Å². The molecular formula is C14H18ClN3OS. The maximum absolute atomic E-state index is 11.0. The highest BCUT2D eigenvalue weighted by Crippen LogP contribution is 2.31. The number of rotatable bonds is 4. The predicted octanol–water partition coefficient (Wildman–Crippen LogP) is 2.07. The van der Waals surface area contributed by atoms with E-state index in [0.29, 0.717) is 22.3 Å². The Bertz CT molecular complexity index is 527. The molecule has 0 atom stereocenters. The monoisotopic (exact) mass is 311 g/mol. The number of benzene rings is 1. The van der Waals surface area contributed by atoms with Gasteiger partial charge in [0.15, 0.2) is 0 Å². The van der Waals surface area contributed by atoms with Gasteiger partial charge in [0.1, 0.15) is 4.99 Å². The third-order valence-electron chi connectivity index (χ3n) is 3.68. The highest BCUT2D eigenvalue weighted by molar-refractivity contribution is 7.80. The van der Waals surface area contributed by atoms with Gasteiger partial charge >= 0.3 is 0 Å². The zero-order valence-corrected chi connectivity index (χ0v) is 12.7. The van der Waals surface area contributed by atoms with Gasteiger partial charge in [-0.3, -0.25) is 4.79 Å². The van der Waals surface area contributed by atoms with Crippen molar-refractivity contribution in [2.75, 3.05) is 18.0 Å². The van der Waals surface area contributed by atoms with Gasteiger partial charge in [0.25, 0.3) is 0 Å². The molecule has 4 N–H and O–H groups in total. The molecule has 20 heavy (non-hydrogen) atoms. The fourth-order valence-electron chi connectivity index (χ4n) is 2.68. The van der Waals surface area contributed by atoms with Gasteiger partial charge in [-0.1, -0.05) is 29.9 Å². The zero-order chi connectivity index (χ0) is 14.7. The minimum Gasteiger partial charge on any atom is -0.389 e. The Kier molecular flexibility index (Phi) is 4.83. The van der Waals surface area contributed by atoms with Crippen LogP contribution in [0.4, 0.5) is 5.69 Å². The Balaban J connectivity index is 2.13.